The van der Waals surface area contributed by atoms with E-state index in [0.717, 1.165) is 10.5 Å². The summed E-state index contributed by atoms with van der Waals surface area (Å²) in [4.78, 5) is 27.2. The van der Waals surface area contributed by atoms with Gasteiger partial charge >= 0.3 is 6.09 Å². The molecule has 1 saturated heterocycles. The number of amides is 2. The third-order valence-electron chi connectivity index (χ3n) is 1.90. The van der Waals surface area contributed by atoms with Crippen LogP contribution >= 0.6 is 0 Å². The summed E-state index contributed by atoms with van der Waals surface area (Å²) in [7, 11) is 0. The Balaban J connectivity index is 2.11. The molecule has 72 valence electrons. The topological polar surface area (TPSA) is 59.5 Å². The standard InChI is InChI=1S/C9H8N2O3/c12-8-6-14-9(13)11(8)5-7-2-1-3-10-4-7/h1-4H,5-6H2. The summed E-state index contributed by atoms with van der Waals surface area (Å²) in [6, 6.07) is 3.55. The van der Waals surface area contributed by atoms with Crippen molar-refractivity contribution in [2.45, 2.75) is 6.54 Å². The second kappa shape index (κ2) is 3.45. The molecule has 2 heterocycles. The summed E-state index contributed by atoms with van der Waals surface area (Å²) in [5.74, 6) is -0.307. The average Bonchev–Trinajstić information content (AvgIpc) is 2.51. The largest absolute Gasteiger partial charge is 0.439 e. The number of cyclic esters (lactones) is 1. The minimum absolute atomic E-state index is 0.154. The lowest BCUT2D eigenvalue weighted by Gasteiger charge is -2.09. The van der Waals surface area contributed by atoms with E-state index in [1.54, 1.807) is 24.5 Å². The van der Waals surface area contributed by atoms with Crippen molar-refractivity contribution in [2.24, 2.45) is 0 Å². The van der Waals surface area contributed by atoms with Gasteiger partial charge in [-0.15, -0.1) is 0 Å². The van der Waals surface area contributed by atoms with Gasteiger partial charge in [-0.25, -0.2) is 9.69 Å². The first-order chi connectivity index (χ1) is 6.77. The number of nitrogens with zero attached hydrogens (tertiary/aromatic N) is 2. The van der Waals surface area contributed by atoms with Gasteiger partial charge in [-0.2, -0.15) is 0 Å². The fourth-order valence-electron chi connectivity index (χ4n) is 1.21. The second-order valence-electron chi connectivity index (χ2n) is 2.90. The highest BCUT2D eigenvalue weighted by Crippen LogP contribution is 2.10. The molecule has 0 spiro atoms. The number of aromatic nitrogens is 1. The maximum absolute atomic E-state index is 11.1. The highest BCUT2D eigenvalue weighted by Gasteiger charge is 2.30. The van der Waals surface area contributed by atoms with Gasteiger partial charge in [0.1, 0.15) is 0 Å². The Bertz CT molecular complexity index is 348. The summed E-state index contributed by atoms with van der Waals surface area (Å²) in [5.41, 5.74) is 0.805. The Morgan fingerprint density at radius 2 is 2.36 bits per heavy atom. The van der Waals surface area contributed by atoms with Crippen LogP contribution in [0.2, 0.25) is 0 Å². The van der Waals surface area contributed by atoms with Crippen molar-refractivity contribution in [3.8, 4) is 0 Å². The van der Waals surface area contributed by atoms with E-state index in [4.69, 9.17) is 0 Å². The normalized spacial score (nSPS) is 15.9. The Morgan fingerprint density at radius 3 is 2.93 bits per heavy atom. The Hall–Kier alpha value is -1.91. The first-order valence-corrected chi connectivity index (χ1v) is 4.13. The fraction of sp³-hybridized carbons (Fsp3) is 0.222. The van der Waals surface area contributed by atoms with Crippen molar-refractivity contribution in [1.82, 2.24) is 9.88 Å². The molecule has 0 atom stereocenters. The zero-order valence-electron chi connectivity index (χ0n) is 7.34. The van der Waals surface area contributed by atoms with Gasteiger partial charge in [0.05, 0.1) is 6.54 Å². The van der Waals surface area contributed by atoms with E-state index >= 15 is 0 Å². The van der Waals surface area contributed by atoms with Crippen LogP contribution in [0.15, 0.2) is 24.5 Å². The van der Waals surface area contributed by atoms with E-state index < -0.39 is 6.09 Å². The van der Waals surface area contributed by atoms with Crippen LogP contribution in [0, 0.1) is 0 Å². The number of ether oxygens (including phenoxy) is 1. The van der Waals surface area contributed by atoms with Crippen molar-refractivity contribution in [2.75, 3.05) is 6.61 Å². The molecule has 14 heavy (non-hydrogen) atoms. The van der Waals surface area contributed by atoms with Crippen LogP contribution in [0.4, 0.5) is 4.79 Å². The summed E-state index contributed by atoms with van der Waals surface area (Å²) < 4.78 is 4.57. The van der Waals surface area contributed by atoms with Crippen molar-refractivity contribution < 1.29 is 14.3 Å². The SMILES string of the molecule is O=C1COC(=O)N1Cc1cccnc1. The average molecular weight is 192 g/mol. The van der Waals surface area contributed by atoms with Crippen molar-refractivity contribution in [3.63, 3.8) is 0 Å². The van der Waals surface area contributed by atoms with E-state index in [9.17, 15) is 9.59 Å². The lowest BCUT2D eigenvalue weighted by Crippen LogP contribution is -2.28. The molecule has 2 rings (SSSR count). The smallest absolute Gasteiger partial charge is 0.417 e. The molecule has 1 aliphatic rings. The predicted molar refractivity (Wildman–Crippen MR) is 46.1 cm³/mol. The summed E-state index contributed by atoms with van der Waals surface area (Å²) >= 11 is 0. The third kappa shape index (κ3) is 1.56. The van der Waals surface area contributed by atoms with E-state index in [2.05, 4.69) is 9.72 Å². The molecule has 0 radical (unpaired) electrons. The molecule has 2 amide bonds. The molecule has 0 saturated carbocycles. The van der Waals surface area contributed by atoms with Gasteiger partial charge in [0.2, 0.25) is 0 Å². The summed E-state index contributed by atoms with van der Waals surface area (Å²) in [6.45, 7) is 0.0740. The van der Waals surface area contributed by atoms with Gasteiger partial charge in [-0.3, -0.25) is 9.78 Å². The lowest BCUT2D eigenvalue weighted by molar-refractivity contribution is -0.126. The van der Waals surface area contributed by atoms with Crippen LogP contribution in [0.25, 0.3) is 0 Å². The monoisotopic (exact) mass is 192 g/mol. The first-order valence-electron chi connectivity index (χ1n) is 4.13. The number of imide groups is 1. The molecule has 1 fully saturated rings. The quantitative estimate of drug-likeness (QED) is 0.687. The molecule has 5 nitrogen and oxygen atoms in total. The number of carbonyl (C=O) groups excluding carboxylic acids is 2. The molecule has 5 heteroatoms. The fourth-order valence-corrected chi connectivity index (χ4v) is 1.21. The van der Waals surface area contributed by atoms with Gasteiger partial charge in [0, 0.05) is 12.4 Å². The van der Waals surface area contributed by atoms with Crippen LogP contribution in [-0.2, 0) is 16.1 Å². The second-order valence-corrected chi connectivity index (χ2v) is 2.90. The maximum atomic E-state index is 11.1. The minimum atomic E-state index is -0.584. The Labute approximate surface area is 80.3 Å². The molecule has 1 aromatic rings. The van der Waals surface area contributed by atoms with Gasteiger partial charge in [0.25, 0.3) is 5.91 Å². The van der Waals surface area contributed by atoms with E-state index in [1.165, 1.54) is 0 Å². The minimum Gasteiger partial charge on any atom is -0.439 e. The van der Waals surface area contributed by atoms with Crippen LogP contribution in [0.3, 0.4) is 0 Å². The molecule has 1 aliphatic heterocycles. The highest BCUT2D eigenvalue weighted by molar-refractivity contribution is 5.97. The summed E-state index contributed by atoms with van der Waals surface area (Å²) in [5, 5.41) is 0. The summed E-state index contributed by atoms with van der Waals surface area (Å²) in [6.07, 6.45) is 2.66. The molecule has 0 N–H and O–H groups in total. The van der Waals surface area contributed by atoms with Crippen molar-refractivity contribution in [3.05, 3.63) is 30.1 Å². The number of hydrogen-bond donors (Lipinski definition) is 0. The van der Waals surface area contributed by atoms with Crippen LogP contribution < -0.4 is 0 Å². The van der Waals surface area contributed by atoms with Gasteiger partial charge < -0.3 is 4.74 Å². The van der Waals surface area contributed by atoms with Crippen molar-refractivity contribution >= 4 is 12.0 Å². The molecule has 0 aliphatic carbocycles. The zero-order valence-corrected chi connectivity index (χ0v) is 7.34. The Morgan fingerprint density at radius 1 is 1.50 bits per heavy atom. The lowest BCUT2D eigenvalue weighted by atomic mass is 10.3. The third-order valence-corrected chi connectivity index (χ3v) is 1.90. The number of pyridine rings is 1. The molecule has 1 aromatic heterocycles. The van der Waals surface area contributed by atoms with Crippen LogP contribution in [0.5, 0.6) is 0 Å². The van der Waals surface area contributed by atoms with Gasteiger partial charge in [0.15, 0.2) is 6.61 Å². The molecular weight excluding hydrogens is 184 g/mol. The molecule has 0 unspecified atom stereocenters. The molecule has 0 bridgehead atoms. The predicted octanol–water partition coefficient (Wildman–Crippen LogP) is 0.560. The maximum Gasteiger partial charge on any atom is 0.417 e. The zero-order chi connectivity index (χ0) is 9.97. The highest BCUT2D eigenvalue weighted by atomic mass is 16.6. The van der Waals surface area contributed by atoms with E-state index in [-0.39, 0.29) is 19.1 Å². The van der Waals surface area contributed by atoms with E-state index in [0.29, 0.717) is 0 Å². The number of hydrogen-bond acceptors (Lipinski definition) is 4. The molecule has 0 aromatic carbocycles. The van der Waals surface area contributed by atoms with Crippen LogP contribution in [0.1, 0.15) is 5.56 Å². The van der Waals surface area contributed by atoms with Crippen molar-refractivity contribution in [1.29, 1.82) is 0 Å². The van der Waals surface area contributed by atoms with Gasteiger partial charge in [-0.1, -0.05) is 6.07 Å². The molecular formula is C9H8N2O3. The first kappa shape index (κ1) is 8.68. The number of rotatable bonds is 2. The van der Waals surface area contributed by atoms with Gasteiger partial charge in [-0.05, 0) is 11.6 Å². The van der Waals surface area contributed by atoms with E-state index in [1.807, 2.05) is 0 Å². The van der Waals surface area contributed by atoms with Crippen LogP contribution in [-0.4, -0.2) is 28.5 Å². The Kier molecular flexibility index (Phi) is 2.14. The number of carbonyl (C=O) groups is 2.